The number of anilines is 1. The van der Waals surface area contributed by atoms with Crippen LogP contribution in [-0.4, -0.2) is 54.0 Å². The molecule has 0 saturated carbocycles. The van der Waals surface area contributed by atoms with E-state index in [1.54, 1.807) is 18.4 Å². The van der Waals surface area contributed by atoms with Crippen LogP contribution in [-0.2, 0) is 13.8 Å². The minimum Gasteiger partial charge on any atom is -0.390 e. The fourth-order valence-corrected chi connectivity index (χ4v) is 3.10. The summed E-state index contributed by atoms with van der Waals surface area (Å²) >= 11 is 0. The molecule has 1 aliphatic heterocycles. The summed E-state index contributed by atoms with van der Waals surface area (Å²) in [6, 6.07) is 0. The Balaban J connectivity index is 1.73. The molecule has 24 heavy (non-hydrogen) atoms. The number of hydrogen-bond acceptors (Lipinski definition) is 8. The van der Waals surface area contributed by atoms with Crippen LogP contribution in [0.3, 0.4) is 0 Å². The Bertz CT molecular complexity index is 781. The number of fused-ring (bicyclic) bond motifs is 1. The molecule has 3 heterocycles. The molecule has 2 unspecified atom stereocenters. The molecule has 0 bridgehead atoms. The highest BCUT2D eigenvalue weighted by molar-refractivity contribution is 7.53. The van der Waals surface area contributed by atoms with Crippen LogP contribution in [0.2, 0.25) is 0 Å². The Morgan fingerprint density at radius 3 is 2.96 bits per heavy atom. The zero-order chi connectivity index (χ0) is 17.5. The van der Waals surface area contributed by atoms with Gasteiger partial charge in [-0.2, -0.15) is 0 Å². The third-order valence-electron chi connectivity index (χ3n) is 3.98. The summed E-state index contributed by atoms with van der Waals surface area (Å²) in [5.41, 5.74) is 6.18. The first-order chi connectivity index (χ1) is 11.3. The molecule has 0 spiro atoms. The van der Waals surface area contributed by atoms with Crippen LogP contribution in [0.1, 0.15) is 26.5 Å². The molecule has 0 radical (unpaired) electrons. The molecule has 2 aromatic rings. The molecule has 132 valence electrons. The topological polar surface area (TPSA) is 146 Å². The van der Waals surface area contributed by atoms with Gasteiger partial charge in [-0.25, -0.2) is 15.0 Å². The van der Waals surface area contributed by atoms with Crippen molar-refractivity contribution < 1.29 is 23.8 Å². The average Bonchev–Trinajstić information content (AvgIpc) is 3.09. The second-order valence-corrected chi connectivity index (χ2v) is 8.39. The number of aromatic nitrogens is 4. The lowest BCUT2D eigenvalue weighted by atomic mass is 10.2. The van der Waals surface area contributed by atoms with Gasteiger partial charge >= 0.3 is 7.60 Å². The van der Waals surface area contributed by atoms with Crippen LogP contribution in [0.25, 0.3) is 11.2 Å². The standard InChI is InChI=1S/C13H20N5O5P/c1-7(2)24(20,21)22-4-9-8(19)3-10(23-9)18-6-17-11-12(14)15-5-16-13(11)18/h5-10,19H,3-4H2,1-2H3,(H,20,21)(H2,14,15,16)/t8-,9?,10-/m0/s1. The van der Waals surface area contributed by atoms with Gasteiger partial charge in [0, 0.05) is 6.42 Å². The monoisotopic (exact) mass is 357 g/mol. The highest BCUT2D eigenvalue weighted by Crippen LogP contribution is 2.47. The van der Waals surface area contributed by atoms with E-state index in [4.69, 9.17) is 15.0 Å². The molecule has 1 fully saturated rings. The lowest BCUT2D eigenvalue weighted by Crippen LogP contribution is -2.26. The number of imidazole rings is 1. The van der Waals surface area contributed by atoms with Crippen LogP contribution in [0, 0.1) is 0 Å². The highest BCUT2D eigenvalue weighted by atomic mass is 31.2. The zero-order valence-electron chi connectivity index (χ0n) is 13.3. The van der Waals surface area contributed by atoms with Gasteiger partial charge in [-0.05, 0) is 0 Å². The molecule has 4 N–H and O–H groups in total. The second kappa shape index (κ2) is 6.38. The van der Waals surface area contributed by atoms with Crippen LogP contribution >= 0.6 is 7.60 Å². The average molecular weight is 357 g/mol. The van der Waals surface area contributed by atoms with Gasteiger partial charge in [-0.1, -0.05) is 13.8 Å². The first kappa shape index (κ1) is 17.2. The molecule has 1 saturated heterocycles. The maximum Gasteiger partial charge on any atom is 0.330 e. The molecular weight excluding hydrogens is 337 g/mol. The quantitative estimate of drug-likeness (QED) is 0.657. The van der Waals surface area contributed by atoms with E-state index < -0.39 is 31.7 Å². The van der Waals surface area contributed by atoms with Crippen molar-refractivity contribution >= 4 is 24.6 Å². The van der Waals surface area contributed by atoms with E-state index in [-0.39, 0.29) is 18.8 Å². The predicted octanol–water partition coefficient (Wildman–Crippen LogP) is 0.667. The fraction of sp³-hybridized carbons (Fsp3) is 0.615. The molecule has 0 aromatic carbocycles. The Morgan fingerprint density at radius 1 is 1.50 bits per heavy atom. The molecule has 1 aliphatic rings. The molecule has 3 rings (SSSR count). The van der Waals surface area contributed by atoms with E-state index in [9.17, 15) is 14.6 Å². The van der Waals surface area contributed by atoms with E-state index in [0.29, 0.717) is 11.2 Å². The van der Waals surface area contributed by atoms with Crippen molar-refractivity contribution in [2.24, 2.45) is 0 Å². The van der Waals surface area contributed by atoms with Crippen molar-refractivity contribution in [1.82, 2.24) is 19.5 Å². The van der Waals surface area contributed by atoms with E-state index in [0.717, 1.165) is 0 Å². The van der Waals surface area contributed by atoms with Crippen molar-refractivity contribution in [2.75, 3.05) is 12.3 Å². The van der Waals surface area contributed by atoms with Crippen molar-refractivity contribution in [1.29, 1.82) is 0 Å². The number of nitrogens with zero attached hydrogens (tertiary/aromatic N) is 4. The largest absolute Gasteiger partial charge is 0.390 e. The summed E-state index contributed by atoms with van der Waals surface area (Å²) < 4.78 is 24.3. The maximum atomic E-state index is 11.8. The molecule has 10 nitrogen and oxygen atoms in total. The zero-order valence-corrected chi connectivity index (χ0v) is 14.2. The van der Waals surface area contributed by atoms with Crippen LogP contribution in [0.4, 0.5) is 5.82 Å². The third-order valence-corrected chi connectivity index (χ3v) is 5.80. The fourth-order valence-electron chi connectivity index (χ4n) is 2.45. The van der Waals surface area contributed by atoms with E-state index >= 15 is 0 Å². The number of hydrogen-bond donors (Lipinski definition) is 3. The number of nitrogens with two attached hydrogens (primary N) is 1. The van der Waals surface area contributed by atoms with Crippen LogP contribution < -0.4 is 5.73 Å². The van der Waals surface area contributed by atoms with Gasteiger partial charge in [0.25, 0.3) is 0 Å². The minimum absolute atomic E-state index is 0.173. The molecule has 2 aromatic heterocycles. The van der Waals surface area contributed by atoms with E-state index in [1.807, 2.05) is 0 Å². The van der Waals surface area contributed by atoms with Crippen LogP contribution in [0.15, 0.2) is 12.7 Å². The van der Waals surface area contributed by atoms with Crippen LogP contribution in [0.5, 0.6) is 0 Å². The lowest BCUT2D eigenvalue weighted by Gasteiger charge is -2.20. The summed E-state index contributed by atoms with van der Waals surface area (Å²) in [4.78, 5) is 21.9. The molecule has 0 amide bonds. The second-order valence-electron chi connectivity index (χ2n) is 5.97. The first-order valence-electron chi connectivity index (χ1n) is 7.53. The predicted molar refractivity (Wildman–Crippen MR) is 85.2 cm³/mol. The first-order valence-corrected chi connectivity index (χ1v) is 9.18. The SMILES string of the molecule is CC(C)P(=O)(O)OCC1O[C@H](n2cnc3c(N)ncnc32)C[C@@H]1O. The summed E-state index contributed by atoms with van der Waals surface area (Å²) in [5, 5.41) is 10.2. The number of aliphatic hydroxyl groups is 1. The third kappa shape index (κ3) is 3.15. The van der Waals surface area contributed by atoms with Gasteiger partial charge in [0.15, 0.2) is 11.5 Å². The lowest BCUT2D eigenvalue weighted by molar-refractivity contribution is -0.0398. The Hall–Kier alpha value is -1.58. The maximum absolute atomic E-state index is 11.8. The van der Waals surface area contributed by atoms with Gasteiger partial charge in [-0.3, -0.25) is 9.13 Å². The van der Waals surface area contributed by atoms with Crippen molar-refractivity contribution in [2.45, 2.75) is 44.4 Å². The van der Waals surface area contributed by atoms with E-state index in [1.165, 1.54) is 12.7 Å². The summed E-state index contributed by atoms with van der Waals surface area (Å²) in [6.45, 7) is 3.02. The number of nitrogen functional groups attached to an aromatic ring is 1. The van der Waals surface area contributed by atoms with Gasteiger partial charge < -0.3 is 25.0 Å². The molecular formula is C13H20N5O5P. The van der Waals surface area contributed by atoms with E-state index in [2.05, 4.69) is 15.0 Å². The summed E-state index contributed by atoms with van der Waals surface area (Å²) in [7, 11) is -3.72. The van der Waals surface area contributed by atoms with Crippen molar-refractivity contribution in [3.8, 4) is 0 Å². The number of aliphatic hydroxyl groups excluding tert-OH is 1. The number of ether oxygens (including phenoxy) is 1. The smallest absolute Gasteiger partial charge is 0.330 e. The molecule has 4 atom stereocenters. The van der Waals surface area contributed by atoms with Gasteiger partial charge in [0.2, 0.25) is 0 Å². The normalized spacial score (nSPS) is 27.0. The minimum atomic E-state index is -3.72. The van der Waals surface area contributed by atoms with Gasteiger partial charge in [0.1, 0.15) is 24.2 Å². The van der Waals surface area contributed by atoms with Gasteiger partial charge in [-0.15, -0.1) is 0 Å². The van der Waals surface area contributed by atoms with Gasteiger partial charge in [0.05, 0.1) is 24.7 Å². The summed E-state index contributed by atoms with van der Waals surface area (Å²) in [5.74, 6) is 0.260. The Morgan fingerprint density at radius 2 is 2.25 bits per heavy atom. The number of rotatable bonds is 5. The van der Waals surface area contributed by atoms with Crippen molar-refractivity contribution in [3.63, 3.8) is 0 Å². The summed E-state index contributed by atoms with van der Waals surface area (Å²) in [6.07, 6.45) is 1.05. The van der Waals surface area contributed by atoms with Crippen molar-refractivity contribution in [3.05, 3.63) is 12.7 Å². The molecule has 11 heteroatoms. The molecule has 0 aliphatic carbocycles. The highest BCUT2D eigenvalue weighted by Gasteiger charge is 2.38. The Labute approximate surface area is 138 Å². The Kier molecular flexibility index (Phi) is 4.58.